The van der Waals surface area contributed by atoms with E-state index >= 15 is 0 Å². The SMILES string of the molecule is COCC(=O)N1[C@H](CO)CC[C@@H]1c1nnnn1CCN1CCOCC1. The molecule has 0 aromatic carbocycles. The standard InChI is InChI=1S/C15H26N6O4/c1-24-11-14(23)21-12(10-22)2-3-13(21)15-16-17-18-20(15)5-4-19-6-8-25-9-7-19/h12-13,22H,2-11H2,1H3/t12-,13+/m0/s1. The van der Waals surface area contributed by atoms with Gasteiger partial charge in [0.2, 0.25) is 5.91 Å². The van der Waals surface area contributed by atoms with E-state index in [-0.39, 0.29) is 31.2 Å². The third-order valence-electron chi connectivity index (χ3n) is 4.86. The van der Waals surface area contributed by atoms with Crippen LogP contribution in [0.1, 0.15) is 24.7 Å². The molecule has 0 aliphatic carbocycles. The number of rotatable bonds is 7. The van der Waals surface area contributed by atoms with E-state index in [2.05, 4.69) is 20.4 Å². The first-order valence-electron chi connectivity index (χ1n) is 8.71. The molecule has 1 aromatic heterocycles. The highest BCUT2D eigenvalue weighted by Gasteiger charge is 2.40. The summed E-state index contributed by atoms with van der Waals surface area (Å²) in [4.78, 5) is 16.4. The molecule has 2 aliphatic rings. The highest BCUT2D eigenvalue weighted by atomic mass is 16.5. The molecule has 1 N–H and O–H groups in total. The number of morpholine rings is 1. The van der Waals surface area contributed by atoms with E-state index in [0.717, 1.165) is 45.7 Å². The lowest BCUT2D eigenvalue weighted by atomic mass is 10.2. The molecule has 0 bridgehead atoms. The van der Waals surface area contributed by atoms with E-state index in [0.29, 0.717) is 12.4 Å². The third kappa shape index (κ3) is 4.14. The van der Waals surface area contributed by atoms with E-state index in [9.17, 15) is 9.90 Å². The quantitative estimate of drug-likeness (QED) is 0.642. The molecule has 1 aromatic rings. The number of carbonyl (C=O) groups is 1. The predicted octanol–water partition coefficient (Wildman–Crippen LogP) is -1.32. The Labute approximate surface area is 146 Å². The zero-order valence-electron chi connectivity index (χ0n) is 14.6. The molecule has 0 spiro atoms. The number of likely N-dealkylation sites (tertiary alicyclic amines) is 1. The summed E-state index contributed by atoms with van der Waals surface area (Å²) in [5.41, 5.74) is 0. The van der Waals surface area contributed by atoms with Crippen LogP contribution >= 0.6 is 0 Å². The Morgan fingerprint density at radius 2 is 2.12 bits per heavy atom. The average molecular weight is 354 g/mol. The minimum absolute atomic E-state index is 0.0116. The minimum Gasteiger partial charge on any atom is -0.394 e. The molecule has 3 rings (SSSR count). The minimum atomic E-state index is -0.223. The molecule has 10 nitrogen and oxygen atoms in total. The number of aliphatic hydroxyl groups is 1. The van der Waals surface area contributed by atoms with Crippen LogP contribution in [0.25, 0.3) is 0 Å². The van der Waals surface area contributed by atoms with Crippen molar-refractivity contribution >= 4 is 5.91 Å². The third-order valence-corrected chi connectivity index (χ3v) is 4.86. The first-order valence-corrected chi connectivity index (χ1v) is 8.71. The fraction of sp³-hybridized carbons (Fsp3) is 0.867. The summed E-state index contributed by atoms with van der Waals surface area (Å²) >= 11 is 0. The Balaban J connectivity index is 1.69. The fourth-order valence-corrected chi connectivity index (χ4v) is 3.56. The number of nitrogens with zero attached hydrogens (tertiary/aromatic N) is 6. The molecule has 140 valence electrons. The molecule has 3 heterocycles. The van der Waals surface area contributed by atoms with Crippen molar-refractivity contribution in [1.82, 2.24) is 30.0 Å². The normalized spacial score (nSPS) is 24.8. The zero-order chi connectivity index (χ0) is 17.6. The number of hydrogen-bond acceptors (Lipinski definition) is 8. The van der Waals surface area contributed by atoms with Crippen LogP contribution in [0, 0.1) is 0 Å². The highest BCUT2D eigenvalue weighted by Crippen LogP contribution is 2.34. The van der Waals surface area contributed by atoms with Gasteiger partial charge in [0.15, 0.2) is 5.82 Å². The Morgan fingerprint density at radius 1 is 1.32 bits per heavy atom. The summed E-state index contributed by atoms with van der Waals surface area (Å²) in [7, 11) is 1.49. The highest BCUT2D eigenvalue weighted by molar-refractivity contribution is 5.78. The van der Waals surface area contributed by atoms with Crippen LogP contribution in [-0.2, 0) is 20.8 Å². The van der Waals surface area contributed by atoms with E-state index in [1.165, 1.54) is 7.11 Å². The van der Waals surface area contributed by atoms with Crippen molar-refractivity contribution in [2.24, 2.45) is 0 Å². The maximum absolute atomic E-state index is 12.4. The molecule has 25 heavy (non-hydrogen) atoms. The first-order chi connectivity index (χ1) is 12.2. The van der Waals surface area contributed by atoms with Gasteiger partial charge >= 0.3 is 0 Å². The number of aromatic nitrogens is 4. The van der Waals surface area contributed by atoms with Crippen molar-refractivity contribution in [1.29, 1.82) is 0 Å². The van der Waals surface area contributed by atoms with E-state index < -0.39 is 0 Å². The number of hydrogen-bond donors (Lipinski definition) is 1. The topological polar surface area (TPSA) is 106 Å². The van der Waals surface area contributed by atoms with Gasteiger partial charge in [-0.2, -0.15) is 0 Å². The molecule has 0 unspecified atom stereocenters. The molecule has 2 atom stereocenters. The van der Waals surface area contributed by atoms with Crippen molar-refractivity contribution in [3.63, 3.8) is 0 Å². The van der Waals surface area contributed by atoms with Gasteiger partial charge in [-0.3, -0.25) is 9.69 Å². The molecule has 2 fully saturated rings. The lowest BCUT2D eigenvalue weighted by molar-refractivity contribution is -0.139. The van der Waals surface area contributed by atoms with Crippen molar-refractivity contribution in [3.8, 4) is 0 Å². The van der Waals surface area contributed by atoms with Crippen molar-refractivity contribution in [2.45, 2.75) is 31.5 Å². The second kappa shape index (κ2) is 8.65. The van der Waals surface area contributed by atoms with Gasteiger partial charge < -0.3 is 19.5 Å². The molecule has 10 heteroatoms. The molecule has 1 amide bonds. The molecule has 2 saturated heterocycles. The lowest BCUT2D eigenvalue weighted by Gasteiger charge is -2.29. The number of carbonyl (C=O) groups excluding carboxylic acids is 1. The van der Waals surface area contributed by atoms with E-state index in [1.54, 1.807) is 9.58 Å². The van der Waals surface area contributed by atoms with Crippen LogP contribution in [0.4, 0.5) is 0 Å². The van der Waals surface area contributed by atoms with Crippen LogP contribution in [0.5, 0.6) is 0 Å². The number of tetrazole rings is 1. The van der Waals surface area contributed by atoms with Gasteiger partial charge in [0.1, 0.15) is 6.61 Å². The van der Waals surface area contributed by atoms with Crippen molar-refractivity contribution in [2.75, 3.05) is 53.2 Å². The van der Waals surface area contributed by atoms with Gasteiger partial charge in [-0.05, 0) is 23.3 Å². The first kappa shape index (κ1) is 18.2. The summed E-state index contributed by atoms with van der Waals surface area (Å²) < 4.78 is 12.1. The Hall–Kier alpha value is -1.62. The van der Waals surface area contributed by atoms with Crippen molar-refractivity contribution < 1.29 is 19.4 Å². The summed E-state index contributed by atoms with van der Waals surface area (Å²) in [6.45, 7) is 4.74. The summed E-state index contributed by atoms with van der Waals surface area (Å²) in [6, 6.07) is -0.434. The van der Waals surface area contributed by atoms with Crippen LogP contribution in [0.15, 0.2) is 0 Å². The Kier molecular flexibility index (Phi) is 6.29. The maximum Gasteiger partial charge on any atom is 0.249 e. The van der Waals surface area contributed by atoms with Crippen LogP contribution < -0.4 is 0 Å². The predicted molar refractivity (Wildman–Crippen MR) is 86.6 cm³/mol. The number of methoxy groups -OCH3 is 1. The second-order valence-corrected chi connectivity index (χ2v) is 6.38. The maximum atomic E-state index is 12.4. The van der Waals surface area contributed by atoms with Crippen LogP contribution in [0.2, 0.25) is 0 Å². The summed E-state index contributed by atoms with van der Waals surface area (Å²) in [5.74, 6) is 0.528. The van der Waals surface area contributed by atoms with Crippen LogP contribution in [-0.4, -0.2) is 100 Å². The Bertz CT molecular complexity index is 562. The average Bonchev–Trinajstić information content (AvgIpc) is 3.27. The number of ether oxygens (including phenoxy) is 2. The molecular formula is C15H26N6O4. The monoisotopic (exact) mass is 354 g/mol. The van der Waals surface area contributed by atoms with E-state index in [4.69, 9.17) is 9.47 Å². The molecule has 2 aliphatic heterocycles. The second-order valence-electron chi connectivity index (χ2n) is 6.38. The van der Waals surface area contributed by atoms with E-state index in [1.807, 2.05) is 0 Å². The van der Waals surface area contributed by atoms with Gasteiger partial charge in [0.25, 0.3) is 0 Å². The van der Waals surface area contributed by atoms with Crippen LogP contribution in [0.3, 0.4) is 0 Å². The van der Waals surface area contributed by atoms with Gasteiger partial charge in [0.05, 0.1) is 38.4 Å². The summed E-state index contributed by atoms with van der Waals surface area (Å²) in [6.07, 6.45) is 1.46. The molecular weight excluding hydrogens is 328 g/mol. The zero-order valence-corrected chi connectivity index (χ0v) is 14.6. The molecule has 0 radical (unpaired) electrons. The number of amides is 1. The fourth-order valence-electron chi connectivity index (χ4n) is 3.56. The van der Waals surface area contributed by atoms with Gasteiger partial charge in [-0.15, -0.1) is 5.10 Å². The summed E-state index contributed by atoms with van der Waals surface area (Å²) in [5, 5.41) is 21.7. The van der Waals surface area contributed by atoms with Gasteiger partial charge in [-0.25, -0.2) is 4.68 Å². The number of aliphatic hydroxyl groups excluding tert-OH is 1. The smallest absolute Gasteiger partial charge is 0.249 e. The Morgan fingerprint density at radius 3 is 2.84 bits per heavy atom. The van der Waals surface area contributed by atoms with Gasteiger partial charge in [-0.1, -0.05) is 0 Å². The lowest BCUT2D eigenvalue weighted by Crippen LogP contribution is -2.42. The van der Waals surface area contributed by atoms with Gasteiger partial charge in [0, 0.05) is 26.7 Å². The molecule has 0 saturated carbocycles. The largest absolute Gasteiger partial charge is 0.394 e. The van der Waals surface area contributed by atoms with Crippen molar-refractivity contribution in [3.05, 3.63) is 5.82 Å².